The summed E-state index contributed by atoms with van der Waals surface area (Å²) in [6, 6.07) is 9.74. The predicted octanol–water partition coefficient (Wildman–Crippen LogP) is 2.48. The van der Waals surface area contributed by atoms with E-state index < -0.39 is 29.8 Å². The largest absolute Gasteiger partial charge is 0.459 e. The number of ether oxygens (including phenoxy) is 1. The highest BCUT2D eigenvalue weighted by Crippen LogP contribution is 2.27. The van der Waals surface area contributed by atoms with Gasteiger partial charge in [0.25, 0.3) is 5.56 Å². The fraction of sp³-hybridized carbons (Fsp3) is 0.188. The lowest BCUT2D eigenvalue weighted by Crippen LogP contribution is -2.26. The van der Waals surface area contributed by atoms with Crippen LogP contribution in [0.2, 0.25) is 0 Å². The first-order chi connectivity index (χ1) is 11.3. The number of carbonyl (C=O) groups is 1. The van der Waals surface area contributed by atoms with Crippen LogP contribution in [0.15, 0.2) is 47.4 Å². The Morgan fingerprint density at radius 2 is 1.92 bits per heavy atom. The molecule has 1 aromatic heterocycles. The Hall–Kier alpha value is -3.08. The van der Waals surface area contributed by atoms with Crippen LogP contribution in [0.5, 0.6) is 0 Å². The number of nitrogens with zero attached hydrogens (tertiary/aromatic N) is 2. The Morgan fingerprint density at radius 1 is 1.21 bits per heavy atom. The van der Waals surface area contributed by atoms with E-state index in [4.69, 9.17) is 10.00 Å². The smallest absolute Gasteiger partial charge is 0.417 e. The van der Waals surface area contributed by atoms with Gasteiger partial charge in [-0.1, -0.05) is 18.2 Å². The second-order valence-electron chi connectivity index (χ2n) is 4.81. The van der Waals surface area contributed by atoms with Crippen LogP contribution in [0.3, 0.4) is 0 Å². The van der Waals surface area contributed by atoms with E-state index in [2.05, 4.69) is 0 Å². The van der Waals surface area contributed by atoms with Crippen LogP contribution in [0.1, 0.15) is 16.7 Å². The van der Waals surface area contributed by atoms with E-state index in [0.29, 0.717) is 28.0 Å². The van der Waals surface area contributed by atoms with Gasteiger partial charge in [-0.3, -0.25) is 9.59 Å². The van der Waals surface area contributed by atoms with E-state index in [1.807, 2.05) is 6.07 Å². The van der Waals surface area contributed by atoms with Crippen molar-refractivity contribution < 1.29 is 22.7 Å². The predicted molar refractivity (Wildman–Crippen MR) is 76.7 cm³/mol. The molecule has 0 N–H and O–H groups in total. The minimum Gasteiger partial charge on any atom is -0.459 e. The molecule has 1 heterocycles. The zero-order valence-corrected chi connectivity index (χ0v) is 12.2. The highest BCUT2D eigenvalue weighted by Gasteiger charge is 2.31. The summed E-state index contributed by atoms with van der Waals surface area (Å²) in [6.07, 6.45) is -4.06. The molecule has 0 fully saturated rings. The molecule has 0 aliphatic heterocycles. The number of carbonyl (C=O) groups excluding carboxylic acids is 1. The maximum atomic E-state index is 12.6. The minimum absolute atomic E-state index is 0.212. The zero-order chi connectivity index (χ0) is 17.7. The van der Waals surface area contributed by atoms with Crippen LogP contribution in [0, 0.1) is 11.3 Å². The van der Waals surface area contributed by atoms with Gasteiger partial charge in [-0.2, -0.15) is 18.4 Å². The molecule has 2 rings (SSSR count). The third-order valence-electron chi connectivity index (χ3n) is 3.14. The van der Waals surface area contributed by atoms with Gasteiger partial charge in [-0.25, -0.2) is 0 Å². The number of hydrogen-bond acceptors (Lipinski definition) is 4. The van der Waals surface area contributed by atoms with Crippen LogP contribution in [-0.4, -0.2) is 10.5 Å². The number of benzene rings is 1. The lowest BCUT2D eigenvalue weighted by Gasteiger charge is -2.11. The van der Waals surface area contributed by atoms with Gasteiger partial charge in [0.05, 0.1) is 17.2 Å². The van der Waals surface area contributed by atoms with Crippen molar-refractivity contribution in [3.63, 3.8) is 0 Å². The van der Waals surface area contributed by atoms with Crippen LogP contribution < -0.4 is 5.56 Å². The Balaban J connectivity index is 2.08. The highest BCUT2D eigenvalue weighted by atomic mass is 19.4. The second kappa shape index (κ2) is 7.00. The van der Waals surface area contributed by atoms with Crippen molar-refractivity contribution >= 4 is 5.97 Å². The molecule has 0 bridgehead atoms. The van der Waals surface area contributed by atoms with E-state index in [1.54, 1.807) is 24.3 Å². The lowest BCUT2D eigenvalue weighted by atomic mass is 10.1. The molecular weight excluding hydrogens is 325 g/mol. The fourth-order valence-electron chi connectivity index (χ4n) is 1.92. The van der Waals surface area contributed by atoms with E-state index in [-0.39, 0.29) is 6.61 Å². The molecule has 8 heteroatoms. The first-order valence-electron chi connectivity index (χ1n) is 6.72. The van der Waals surface area contributed by atoms with Gasteiger partial charge in [0.2, 0.25) is 0 Å². The molecule has 0 aliphatic carbocycles. The number of esters is 1. The molecule has 0 aliphatic rings. The lowest BCUT2D eigenvalue weighted by molar-refractivity contribution is -0.146. The Bertz CT molecular complexity index is 851. The molecule has 0 unspecified atom stereocenters. The Kier molecular flexibility index (Phi) is 5.04. The van der Waals surface area contributed by atoms with Gasteiger partial charge in [0.1, 0.15) is 13.2 Å². The van der Waals surface area contributed by atoms with Gasteiger partial charge < -0.3 is 9.30 Å². The molecule has 24 heavy (non-hydrogen) atoms. The monoisotopic (exact) mass is 336 g/mol. The minimum atomic E-state index is -4.62. The second-order valence-corrected chi connectivity index (χ2v) is 4.81. The van der Waals surface area contributed by atoms with Crippen LogP contribution in [0.4, 0.5) is 13.2 Å². The summed E-state index contributed by atoms with van der Waals surface area (Å²) in [4.78, 5) is 23.3. The molecule has 0 saturated carbocycles. The summed E-state index contributed by atoms with van der Waals surface area (Å²) >= 11 is 0. The van der Waals surface area contributed by atoms with Crippen LogP contribution >= 0.6 is 0 Å². The molecule has 0 atom stereocenters. The number of aromatic nitrogens is 1. The SMILES string of the molecule is N#Cc1ccccc1COC(=O)Cn1cc(C(F)(F)F)ccc1=O. The summed E-state index contributed by atoms with van der Waals surface area (Å²) in [5.41, 5.74) is -1.01. The maximum Gasteiger partial charge on any atom is 0.417 e. The van der Waals surface area contributed by atoms with Gasteiger partial charge >= 0.3 is 12.1 Å². The van der Waals surface area contributed by atoms with Gasteiger partial charge in [-0.05, 0) is 12.1 Å². The number of halogens is 3. The number of rotatable bonds is 4. The highest BCUT2D eigenvalue weighted by molar-refractivity contribution is 5.69. The molecule has 124 valence electrons. The van der Waals surface area contributed by atoms with Gasteiger partial charge in [0.15, 0.2) is 0 Å². The van der Waals surface area contributed by atoms with Crippen molar-refractivity contribution in [1.29, 1.82) is 5.26 Å². The molecule has 0 spiro atoms. The van der Waals surface area contributed by atoms with Crippen molar-refractivity contribution in [2.24, 2.45) is 0 Å². The van der Waals surface area contributed by atoms with E-state index in [9.17, 15) is 22.8 Å². The normalized spacial score (nSPS) is 10.9. The van der Waals surface area contributed by atoms with Crippen molar-refractivity contribution in [3.05, 3.63) is 69.6 Å². The maximum absolute atomic E-state index is 12.6. The molecule has 5 nitrogen and oxygen atoms in total. The standard InChI is InChI=1S/C16H11F3N2O3/c17-16(18,19)13-5-6-14(22)21(8-13)9-15(23)24-10-12-4-2-1-3-11(12)7-20/h1-6,8H,9-10H2. The first kappa shape index (κ1) is 17.3. The third kappa shape index (κ3) is 4.23. The molecule has 0 saturated heterocycles. The molecule has 0 amide bonds. The Labute approximate surface area is 134 Å². The van der Waals surface area contributed by atoms with Gasteiger partial charge in [0, 0.05) is 17.8 Å². The first-order valence-corrected chi connectivity index (χ1v) is 6.72. The number of pyridine rings is 1. The third-order valence-corrected chi connectivity index (χ3v) is 3.14. The molecule has 1 aromatic carbocycles. The summed E-state index contributed by atoms with van der Waals surface area (Å²) < 4.78 is 43.4. The molecule has 2 aromatic rings. The van der Waals surface area contributed by atoms with Crippen molar-refractivity contribution in [2.75, 3.05) is 0 Å². The zero-order valence-electron chi connectivity index (χ0n) is 12.2. The number of nitriles is 1. The summed E-state index contributed by atoms with van der Waals surface area (Å²) in [7, 11) is 0. The van der Waals surface area contributed by atoms with Crippen LogP contribution in [-0.2, 0) is 28.9 Å². The van der Waals surface area contributed by atoms with Crippen molar-refractivity contribution in [3.8, 4) is 6.07 Å². The van der Waals surface area contributed by atoms with Crippen LogP contribution in [0.25, 0.3) is 0 Å². The average molecular weight is 336 g/mol. The fourth-order valence-corrected chi connectivity index (χ4v) is 1.92. The topological polar surface area (TPSA) is 72.1 Å². The summed E-state index contributed by atoms with van der Waals surface area (Å²) in [6.45, 7) is -0.867. The summed E-state index contributed by atoms with van der Waals surface area (Å²) in [5, 5.41) is 8.92. The quantitative estimate of drug-likeness (QED) is 0.804. The van der Waals surface area contributed by atoms with E-state index >= 15 is 0 Å². The summed E-state index contributed by atoms with van der Waals surface area (Å²) in [5.74, 6) is -0.885. The number of alkyl halides is 3. The Morgan fingerprint density at radius 3 is 2.58 bits per heavy atom. The number of hydrogen-bond donors (Lipinski definition) is 0. The van der Waals surface area contributed by atoms with Gasteiger partial charge in [-0.15, -0.1) is 0 Å². The van der Waals surface area contributed by atoms with Crippen molar-refractivity contribution in [1.82, 2.24) is 4.57 Å². The van der Waals surface area contributed by atoms with E-state index in [0.717, 1.165) is 6.07 Å². The van der Waals surface area contributed by atoms with Crippen molar-refractivity contribution in [2.45, 2.75) is 19.3 Å². The molecular formula is C16H11F3N2O3. The average Bonchev–Trinajstić information content (AvgIpc) is 2.54. The molecule has 0 radical (unpaired) electrons. The van der Waals surface area contributed by atoms with E-state index in [1.165, 1.54) is 0 Å².